The van der Waals surface area contributed by atoms with Crippen molar-refractivity contribution in [3.63, 3.8) is 0 Å². The molecule has 0 saturated carbocycles. The zero-order chi connectivity index (χ0) is 12.7. The summed E-state index contributed by atoms with van der Waals surface area (Å²) in [4.78, 5) is 4.43. The van der Waals surface area contributed by atoms with Gasteiger partial charge in [0.25, 0.3) is 0 Å². The minimum absolute atomic E-state index is 0.467. The number of aliphatic imine (C=N–C) groups is 1. The molecule has 0 aliphatic carbocycles. The van der Waals surface area contributed by atoms with E-state index >= 15 is 0 Å². The Morgan fingerprint density at radius 1 is 1.47 bits per heavy atom. The number of nitrogens with one attached hydrogen (secondary N) is 2. The van der Waals surface area contributed by atoms with Gasteiger partial charge in [-0.2, -0.15) is 0 Å². The number of aryl methyl sites for hydroxylation is 2. The minimum Gasteiger partial charge on any atom is -0.466 e. The van der Waals surface area contributed by atoms with E-state index in [1.54, 1.807) is 0 Å². The van der Waals surface area contributed by atoms with E-state index in [-0.39, 0.29) is 0 Å². The molecule has 1 rings (SSSR count). The molecular formula is C13H19N3O. The molecule has 2 N–H and O–H groups in total. The van der Waals surface area contributed by atoms with Gasteiger partial charge in [-0.25, -0.2) is 4.99 Å². The molecule has 4 heteroatoms. The number of hydrogen-bond acceptors (Lipinski definition) is 2. The molecule has 92 valence electrons. The molecule has 0 aliphatic rings. The summed E-state index contributed by atoms with van der Waals surface area (Å²) in [5.74, 6) is 5.07. The van der Waals surface area contributed by atoms with E-state index < -0.39 is 0 Å². The van der Waals surface area contributed by atoms with Gasteiger partial charge in [-0.15, -0.1) is 6.42 Å². The monoisotopic (exact) mass is 233 g/mol. The van der Waals surface area contributed by atoms with Gasteiger partial charge in [0, 0.05) is 12.1 Å². The standard InChI is InChI=1S/C13H19N3O/c1-5-7-15-13(14-6-2)16-9-12-8-10(3)17-11(12)4/h1,8H,6-7,9H2,2-4H3,(H2,14,15,16). The summed E-state index contributed by atoms with van der Waals surface area (Å²) < 4.78 is 5.45. The number of furan rings is 1. The summed E-state index contributed by atoms with van der Waals surface area (Å²) in [6, 6.07) is 2.00. The van der Waals surface area contributed by atoms with Crippen molar-refractivity contribution >= 4 is 5.96 Å². The van der Waals surface area contributed by atoms with E-state index in [0.717, 1.165) is 29.6 Å². The molecule has 1 aromatic heterocycles. The van der Waals surface area contributed by atoms with Crippen molar-refractivity contribution in [1.29, 1.82) is 0 Å². The molecule has 0 radical (unpaired) electrons. The largest absolute Gasteiger partial charge is 0.466 e. The first kappa shape index (κ1) is 13.2. The molecule has 0 fully saturated rings. The Morgan fingerprint density at radius 3 is 2.76 bits per heavy atom. The predicted octanol–water partition coefficient (Wildman–Crippen LogP) is 1.58. The van der Waals surface area contributed by atoms with E-state index in [2.05, 4.69) is 21.5 Å². The van der Waals surface area contributed by atoms with Gasteiger partial charge in [0.05, 0.1) is 13.1 Å². The van der Waals surface area contributed by atoms with Crippen LogP contribution in [0.3, 0.4) is 0 Å². The van der Waals surface area contributed by atoms with Crippen LogP contribution in [-0.2, 0) is 6.54 Å². The SMILES string of the molecule is C#CCNC(=NCc1cc(C)oc1C)NCC. The lowest BCUT2D eigenvalue weighted by Gasteiger charge is -2.08. The molecule has 17 heavy (non-hydrogen) atoms. The highest BCUT2D eigenvalue weighted by molar-refractivity contribution is 5.79. The van der Waals surface area contributed by atoms with Crippen LogP contribution in [0.25, 0.3) is 0 Å². The van der Waals surface area contributed by atoms with Gasteiger partial charge in [0.15, 0.2) is 5.96 Å². The zero-order valence-corrected chi connectivity index (χ0v) is 10.6. The fourth-order valence-electron chi connectivity index (χ4n) is 1.48. The summed E-state index contributed by atoms with van der Waals surface area (Å²) in [6.07, 6.45) is 5.20. The van der Waals surface area contributed by atoms with E-state index in [4.69, 9.17) is 10.8 Å². The first-order chi connectivity index (χ1) is 8.17. The summed E-state index contributed by atoms with van der Waals surface area (Å²) >= 11 is 0. The molecule has 0 aromatic carbocycles. The number of terminal acetylenes is 1. The Morgan fingerprint density at radius 2 is 2.24 bits per heavy atom. The van der Waals surface area contributed by atoms with Gasteiger partial charge in [-0.1, -0.05) is 5.92 Å². The van der Waals surface area contributed by atoms with Gasteiger partial charge in [-0.05, 0) is 26.8 Å². The van der Waals surface area contributed by atoms with Crippen LogP contribution in [0.4, 0.5) is 0 Å². The third-order valence-electron chi connectivity index (χ3n) is 2.25. The Bertz CT molecular complexity index is 426. The third kappa shape index (κ3) is 4.23. The van der Waals surface area contributed by atoms with Crippen molar-refractivity contribution in [3.8, 4) is 12.3 Å². The second-order valence-electron chi connectivity index (χ2n) is 3.69. The van der Waals surface area contributed by atoms with Gasteiger partial charge in [0.1, 0.15) is 11.5 Å². The van der Waals surface area contributed by atoms with Crippen LogP contribution in [0.2, 0.25) is 0 Å². The van der Waals surface area contributed by atoms with E-state index in [9.17, 15) is 0 Å². The highest BCUT2D eigenvalue weighted by Gasteiger charge is 2.04. The second kappa shape index (κ2) is 6.64. The Labute approximate surface area is 103 Å². The summed E-state index contributed by atoms with van der Waals surface area (Å²) in [6.45, 7) is 7.75. The van der Waals surface area contributed by atoms with Crippen LogP contribution >= 0.6 is 0 Å². The average Bonchev–Trinajstić information content (AvgIpc) is 2.61. The number of guanidine groups is 1. The van der Waals surface area contributed by atoms with Crippen molar-refractivity contribution in [3.05, 3.63) is 23.2 Å². The second-order valence-corrected chi connectivity index (χ2v) is 3.69. The summed E-state index contributed by atoms with van der Waals surface area (Å²) in [5.41, 5.74) is 1.10. The number of hydrogen-bond donors (Lipinski definition) is 2. The first-order valence-corrected chi connectivity index (χ1v) is 5.69. The molecule has 0 aliphatic heterocycles. The molecule has 1 aromatic rings. The van der Waals surface area contributed by atoms with E-state index in [0.29, 0.717) is 13.1 Å². The van der Waals surface area contributed by atoms with Crippen LogP contribution in [0.5, 0.6) is 0 Å². The Balaban J connectivity index is 2.65. The topological polar surface area (TPSA) is 49.6 Å². The fourth-order valence-corrected chi connectivity index (χ4v) is 1.48. The quantitative estimate of drug-likeness (QED) is 0.471. The van der Waals surface area contributed by atoms with Crippen LogP contribution < -0.4 is 10.6 Å². The lowest BCUT2D eigenvalue weighted by molar-refractivity contribution is 0.501. The van der Waals surface area contributed by atoms with Crippen LogP contribution in [0.15, 0.2) is 15.5 Å². The molecule has 1 heterocycles. The first-order valence-electron chi connectivity index (χ1n) is 5.69. The molecule has 0 bridgehead atoms. The Kier molecular flexibility index (Phi) is 5.15. The van der Waals surface area contributed by atoms with Crippen LogP contribution in [-0.4, -0.2) is 19.0 Å². The number of nitrogens with zero attached hydrogens (tertiary/aromatic N) is 1. The fraction of sp³-hybridized carbons (Fsp3) is 0.462. The normalized spacial score (nSPS) is 11.1. The lowest BCUT2D eigenvalue weighted by atomic mass is 10.2. The third-order valence-corrected chi connectivity index (χ3v) is 2.25. The highest BCUT2D eigenvalue weighted by atomic mass is 16.3. The smallest absolute Gasteiger partial charge is 0.192 e. The van der Waals surface area contributed by atoms with Crippen molar-refractivity contribution in [2.75, 3.05) is 13.1 Å². The van der Waals surface area contributed by atoms with Gasteiger partial charge in [-0.3, -0.25) is 0 Å². The van der Waals surface area contributed by atoms with E-state index in [1.165, 1.54) is 0 Å². The minimum atomic E-state index is 0.467. The molecule has 0 unspecified atom stereocenters. The maximum absolute atomic E-state index is 5.45. The lowest BCUT2D eigenvalue weighted by Crippen LogP contribution is -2.37. The van der Waals surface area contributed by atoms with E-state index in [1.807, 2.05) is 26.8 Å². The van der Waals surface area contributed by atoms with Gasteiger partial charge >= 0.3 is 0 Å². The van der Waals surface area contributed by atoms with Crippen LogP contribution in [0, 0.1) is 26.2 Å². The number of rotatable bonds is 4. The molecule has 0 spiro atoms. The van der Waals surface area contributed by atoms with Gasteiger partial charge < -0.3 is 15.1 Å². The molecule has 4 nitrogen and oxygen atoms in total. The zero-order valence-electron chi connectivity index (χ0n) is 10.6. The van der Waals surface area contributed by atoms with Crippen molar-refractivity contribution in [2.45, 2.75) is 27.3 Å². The summed E-state index contributed by atoms with van der Waals surface area (Å²) in [5, 5.41) is 6.17. The molecular weight excluding hydrogens is 214 g/mol. The molecule has 0 atom stereocenters. The van der Waals surface area contributed by atoms with Crippen molar-refractivity contribution < 1.29 is 4.42 Å². The Hall–Kier alpha value is -1.89. The maximum Gasteiger partial charge on any atom is 0.192 e. The molecule has 0 saturated heterocycles. The van der Waals surface area contributed by atoms with Crippen LogP contribution in [0.1, 0.15) is 24.0 Å². The maximum atomic E-state index is 5.45. The predicted molar refractivity (Wildman–Crippen MR) is 69.8 cm³/mol. The van der Waals surface area contributed by atoms with Crippen molar-refractivity contribution in [1.82, 2.24) is 10.6 Å². The van der Waals surface area contributed by atoms with Gasteiger partial charge in [0.2, 0.25) is 0 Å². The van der Waals surface area contributed by atoms with Crippen molar-refractivity contribution in [2.24, 2.45) is 4.99 Å². The highest BCUT2D eigenvalue weighted by Crippen LogP contribution is 2.14. The summed E-state index contributed by atoms with van der Waals surface area (Å²) in [7, 11) is 0. The average molecular weight is 233 g/mol. The molecule has 0 amide bonds.